The first-order valence-corrected chi connectivity index (χ1v) is 10.4. The third-order valence-corrected chi connectivity index (χ3v) is 5.75. The lowest BCUT2D eigenvalue weighted by atomic mass is 9.98. The smallest absolute Gasteiger partial charge is 0.277 e. The van der Waals surface area contributed by atoms with Crippen molar-refractivity contribution in [3.63, 3.8) is 0 Å². The molecule has 0 bridgehead atoms. The highest BCUT2D eigenvalue weighted by atomic mass is 32.2. The quantitative estimate of drug-likeness (QED) is 0.692. The van der Waals surface area contributed by atoms with Crippen LogP contribution >= 0.6 is 11.8 Å². The van der Waals surface area contributed by atoms with Crippen LogP contribution in [0.3, 0.4) is 0 Å². The number of benzene rings is 1. The van der Waals surface area contributed by atoms with Crippen molar-refractivity contribution in [3.05, 3.63) is 35.2 Å². The van der Waals surface area contributed by atoms with Crippen molar-refractivity contribution in [3.8, 4) is 5.75 Å². The molecular formula is C20H27N3O3S. The van der Waals surface area contributed by atoms with Crippen molar-refractivity contribution in [1.82, 2.24) is 15.1 Å². The maximum absolute atomic E-state index is 12.6. The van der Waals surface area contributed by atoms with Crippen LogP contribution in [0.4, 0.5) is 0 Å². The highest BCUT2D eigenvalue weighted by molar-refractivity contribution is 7.99. The number of hydrogen-bond donors (Lipinski definition) is 0. The number of nitrogens with zero attached hydrogens (tertiary/aromatic N) is 3. The van der Waals surface area contributed by atoms with Crippen molar-refractivity contribution in [2.45, 2.75) is 70.9 Å². The summed E-state index contributed by atoms with van der Waals surface area (Å²) in [5, 5.41) is 8.44. The predicted molar refractivity (Wildman–Crippen MR) is 105 cm³/mol. The van der Waals surface area contributed by atoms with Gasteiger partial charge in [-0.3, -0.25) is 4.79 Å². The van der Waals surface area contributed by atoms with Gasteiger partial charge in [-0.1, -0.05) is 23.9 Å². The van der Waals surface area contributed by atoms with Gasteiger partial charge in [-0.05, 0) is 64.2 Å². The number of carbonyl (C=O) groups excluding carboxylic acids is 1. The molecule has 27 heavy (non-hydrogen) atoms. The Kier molecular flexibility index (Phi) is 6.42. The number of amides is 1. The van der Waals surface area contributed by atoms with E-state index in [2.05, 4.69) is 24.0 Å². The van der Waals surface area contributed by atoms with E-state index in [1.165, 1.54) is 18.2 Å². The van der Waals surface area contributed by atoms with E-state index in [0.29, 0.717) is 29.0 Å². The summed E-state index contributed by atoms with van der Waals surface area (Å²) in [6, 6.07) is 6.65. The first-order valence-electron chi connectivity index (χ1n) is 9.40. The molecule has 0 radical (unpaired) electrons. The summed E-state index contributed by atoms with van der Waals surface area (Å²) in [6.07, 6.45) is 3.33. The van der Waals surface area contributed by atoms with Crippen LogP contribution in [0, 0.1) is 13.8 Å². The second-order valence-electron chi connectivity index (χ2n) is 7.24. The Balaban J connectivity index is 1.52. The van der Waals surface area contributed by atoms with Crippen LogP contribution in [0.5, 0.6) is 5.75 Å². The van der Waals surface area contributed by atoms with Crippen molar-refractivity contribution < 1.29 is 13.9 Å². The third kappa shape index (κ3) is 5.03. The van der Waals surface area contributed by atoms with Gasteiger partial charge in [0.05, 0.1) is 5.75 Å². The molecule has 2 heterocycles. The summed E-state index contributed by atoms with van der Waals surface area (Å²) in [4.78, 5) is 14.6. The molecule has 2 atom stereocenters. The molecule has 2 unspecified atom stereocenters. The molecule has 1 aromatic carbocycles. The maximum atomic E-state index is 12.6. The van der Waals surface area contributed by atoms with Gasteiger partial charge in [-0.2, -0.15) is 0 Å². The third-order valence-electron chi connectivity index (χ3n) is 4.94. The normalized spacial score (nSPS) is 19.9. The van der Waals surface area contributed by atoms with Gasteiger partial charge in [0.15, 0.2) is 6.61 Å². The van der Waals surface area contributed by atoms with Crippen molar-refractivity contribution >= 4 is 17.7 Å². The zero-order chi connectivity index (χ0) is 19.4. The highest BCUT2D eigenvalue weighted by Gasteiger charge is 2.29. The monoisotopic (exact) mass is 389 g/mol. The fraction of sp³-hybridized carbons (Fsp3) is 0.550. The molecule has 1 aliphatic heterocycles. The molecular weight excluding hydrogens is 362 g/mol. The first-order chi connectivity index (χ1) is 12.9. The zero-order valence-electron chi connectivity index (χ0n) is 16.4. The molecule has 146 valence electrons. The van der Waals surface area contributed by atoms with Gasteiger partial charge in [0, 0.05) is 12.1 Å². The van der Waals surface area contributed by atoms with Gasteiger partial charge in [0.2, 0.25) is 5.91 Å². The summed E-state index contributed by atoms with van der Waals surface area (Å²) >= 11 is 1.29. The summed E-state index contributed by atoms with van der Waals surface area (Å²) in [5.74, 6) is 1.66. The molecule has 6 nitrogen and oxygen atoms in total. The zero-order valence-corrected chi connectivity index (χ0v) is 17.2. The lowest BCUT2D eigenvalue weighted by molar-refractivity contribution is -0.134. The van der Waals surface area contributed by atoms with E-state index in [1.807, 2.05) is 36.9 Å². The molecule has 1 fully saturated rings. The van der Waals surface area contributed by atoms with Crippen LogP contribution in [0.15, 0.2) is 27.8 Å². The van der Waals surface area contributed by atoms with E-state index in [0.717, 1.165) is 29.7 Å². The van der Waals surface area contributed by atoms with Gasteiger partial charge in [0.25, 0.3) is 11.1 Å². The molecule has 0 aliphatic carbocycles. The summed E-state index contributed by atoms with van der Waals surface area (Å²) in [5.41, 5.74) is 2.20. The lowest BCUT2D eigenvalue weighted by Crippen LogP contribution is -2.48. The second-order valence-corrected chi connectivity index (χ2v) is 8.16. The number of carbonyl (C=O) groups is 1. The molecule has 2 aromatic rings. The maximum Gasteiger partial charge on any atom is 0.277 e. The SMILES string of the molecule is Cc1ccc(C)c(OCc2nnc(SCC(=O)N3C(C)CCCC3C)o2)c1. The minimum Gasteiger partial charge on any atom is -0.484 e. The Hall–Kier alpha value is -2.02. The number of hydrogen-bond acceptors (Lipinski definition) is 6. The fourth-order valence-electron chi connectivity index (χ4n) is 3.47. The number of piperidine rings is 1. The van der Waals surface area contributed by atoms with Crippen molar-refractivity contribution in [2.75, 3.05) is 5.75 Å². The van der Waals surface area contributed by atoms with Crippen LogP contribution in [0.1, 0.15) is 50.1 Å². The van der Waals surface area contributed by atoms with Crippen LogP contribution in [0.2, 0.25) is 0 Å². The minimum atomic E-state index is 0.131. The van der Waals surface area contributed by atoms with E-state index in [-0.39, 0.29) is 12.5 Å². The number of likely N-dealkylation sites (tertiary alicyclic amines) is 1. The fourth-order valence-corrected chi connectivity index (χ4v) is 4.12. The lowest BCUT2D eigenvalue weighted by Gasteiger charge is -2.39. The molecule has 0 saturated carbocycles. The van der Waals surface area contributed by atoms with Gasteiger partial charge >= 0.3 is 0 Å². The average molecular weight is 390 g/mol. The van der Waals surface area contributed by atoms with E-state index in [4.69, 9.17) is 9.15 Å². The molecule has 1 amide bonds. The van der Waals surface area contributed by atoms with E-state index < -0.39 is 0 Å². The Bertz CT molecular complexity index is 783. The number of aryl methyl sites for hydroxylation is 2. The van der Waals surface area contributed by atoms with Gasteiger partial charge < -0.3 is 14.1 Å². The molecule has 3 rings (SSSR count). The predicted octanol–water partition coefficient (Wildman–Crippen LogP) is 4.15. The summed E-state index contributed by atoms with van der Waals surface area (Å²) < 4.78 is 11.4. The molecule has 1 saturated heterocycles. The summed E-state index contributed by atoms with van der Waals surface area (Å²) in [7, 11) is 0. The van der Waals surface area contributed by atoms with E-state index in [9.17, 15) is 4.79 Å². The standard InChI is InChI=1S/C20H27N3O3S/c1-13-8-9-14(2)17(10-13)25-11-18-21-22-20(26-18)27-12-19(24)23-15(3)6-5-7-16(23)4/h8-10,15-16H,5-7,11-12H2,1-4H3. The molecule has 1 aliphatic rings. The van der Waals surface area contributed by atoms with Gasteiger partial charge in [-0.15, -0.1) is 10.2 Å². The molecule has 1 aromatic heterocycles. The van der Waals surface area contributed by atoms with Gasteiger partial charge in [-0.25, -0.2) is 0 Å². The van der Waals surface area contributed by atoms with Crippen LogP contribution in [-0.4, -0.2) is 38.8 Å². The summed E-state index contributed by atoms with van der Waals surface area (Å²) in [6.45, 7) is 8.47. The van der Waals surface area contributed by atoms with Crippen molar-refractivity contribution in [2.24, 2.45) is 0 Å². The second kappa shape index (κ2) is 8.78. The van der Waals surface area contributed by atoms with E-state index >= 15 is 0 Å². The first kappa shape index (κ1) is 19.7. The van der Waals surface area contributed by atoms with Crippen molar-refractivity contribution in [1.29, 1.82) is 0 Å². The van der Waals surface area contributed by atoms with Gasteiger partial charge in [0.1, 0.15) is 5.75 Å². The number of ether oxygens (including phenoxy) is 1. The van der Waals surface area contributed by atoms with Crippen LogP contribution in [0.25, 0.3) is 0 Å². The Labute approximate surface area is 164 Å². The number of aromatic nitrogens is 2. The van der Waals surface area contributed by atoms with Crippen LogP contribution < -0.4 is 4.74 Å². The average Bonchev–Trinajstić information content (AvgIpc) is 3.08. The Morgan fingerprint density at radius 1 is 1.26 bits per heavy atom. The Morgan fingerprint density at radius 2 is 2.00 bits per heavy atom. The van der Waals surface area contributed by atoms with Crippen LogP contribution in [-0.2, 0) is 11.4 Å². The molecule has 7 heteroatoms. The highest BCUT2D eigenvalue weighted by Crippen LogP contribution is 2.25. The number of rotatable bonds is 6. The minimum absolute atomic E-state index is 0.131. The Morgan fingerprint density at radius 3 is 2.74 bits per heavy atom. The van der Waals surface area contributed by atoms with E-state index in [1.54, 1.807) is 0 Å². The largest absolute Gasteiger partial charge is 0.484 e. The molecule has 0 N–H and O–H groups in total. The molecule has 0 spiro atoms. The number of thioether (sulfide) groups is 1. The topological polar surface area (TPSA) is 68.5 Å².